The molecule has 9 nitrogen and oxygen atoms in total. The summed E-state index contributed by atoms with van der Waals surface area (Å²) in [6.45, 7) is 8.07. The maximum atomic E-state index is 13.8. The fourth-order valence-electron chi connectivity index (χ4n) is 5.64. The van der Waals surface area contributed by atoms with Crippen molar-refractivity contribution in [1.29, 1.82) is 0 Å². The minimum atomic E-state index is -0.323. The highest BCUT2D eigenvalue weighted by Crippen LogP contribution is 2.47. The second-order valence-corrected chi connectivity index (χ2v) is 11.6. The number of anilines is 2. The molecule has 3 amide bonds. The fourth-order valence-corrected chi connectivity index (χ4v) is 5.76. The van der Waals surface area contributed by atoms with E-state index in [0.717, 1.165) is 36.9 Å². The SMILES string of the molecule is CC(C)(C)C1CCC2(CC1)CN(c1ccc(Cl)cc1)C(=O)N2Cc1ccc(C(=O)Nc2nn[nH]n2)cc1. The first-order valence-electron chi connectivity index (χ1n) is 12.6. The quantitative estimate of drug-likeness (QED) is 0.459. The summed E-state index contributed by atoms with van der Waals surface area (Å²) in [5.74, 6) is 0.430. The molecule has 0 bridgehead atoms. The van der Waals surface area contributed by atoms with E-state index < -0.39 is 0 Å². The monoisotopic (exact) mass is 521 g/mol. The molecular formula is C27H32ClN7O2. The summed E-state index contributed by atoms with van der Waals surface area (Å²) in [5.41, 5.74) is 2.34. The third-order valence-electron chi connectivity index (χ3n) is 7.89. The fraction of sp³-hybridized carbons (Fsp3) is 0.444. The first kappa shape index (κ1) is 25.2. The lowest BCUT2D eigenvalue weighted by molar-refractivity contribution is 0.0631. The Bertz CT molecular complexity index is 1250. The Hall–Kier alpha value is -3.46. The van der Waals surface area contributed by atoms with Crippen LogP contribution in [0.3, 0.4) is 0 Å². The van der Waals surface area contributed by atoms with Crippen LogP contribution in [0.15, 0.2) is 48.5 Å². The molecule has 0 atom stereocenters. The molecule has 0 unspecified atom stereocenters. The van der Waals surface area contributed by atoms with Crippen molar-refractivity contribution < 1.29 is 9.59 Å². The highest BCUT2D eigenvalue weighted by Gasteiger charge is 2.52. The van der Waals surface area contributed by atoms with Crippen LogP contribution in [0.2, 0.25) is 5.02 Å². The van der Waals surface area contributed by atoms with Crippen molar-refractivity contribution in [1.82, 2.24) is 25.5 Å². The number of tetrazole rings is 1. The van der Waals surface area contributed by atoms with Crippen molar-refractivity contribution in [3.63, 3.8) is 0 Å². The summed E-state index contributed by atoms with van der Waals surface area (Å²) in [7, 11) is 0. The van der Waals surface area contributed by atoms with Crippen LogP contribution in [0.25, 0.3) is 0 Å². The van der Waals surface area contributed by atoms with Crippen molar-refractivity contribution in [2.24, 2.45) is 11.3 Å². The molecule has 1 saturated heterocycles. The summed E-state index contributed by atoms with van der Waals surface area (Å²) in [4.78, 5) is 30.3. The van der Waals surface area contributed by atoms with Gasteiger partial charge in [0.2, 0.25) is 0 Å². The third kappa shape index (κ3) is 5.18. The molecule has 194 valence electrons. The van der Waals surface area contributed by atoms with Crippen molar-refractivity contribution in [3.05, 3.63) is 64.7 Å². The lowest BCUT2D eigenvalue weighted by atomic mass is 9.67. The lowest BCUT2D eigenvalue weighted by Crippen LogP contribution is -2.50. The molecule has 2 fully saturated rings. The number of benzene rings is 2. The Balaban J connectivity index is 1.37. The largest absolute Gasteiger partial charge is 0.325 e. The van der Waals surface area contributed by atoms with Gasteiger partial charge in [-0.1, -0.05) is 49.6 Å². The van der Waals surface area contributed by atoms with Gasteiger partial charge in [0.05, 0.1) is 12.1 Å². The van der Waals surface area contributed by atoms with Crippen molar-refractivity contribution in [3.8, 4) is 0 Å². The van der Waals surface area contributed by atoms with Gasteiger partial charge >= 0.3 is 6.03 Å². The maximum Gasteiger partial charge on any atom is 0.325 e. The topological polar surface area (TPSA) is 107 Å². The van der Waals surface area contributed by atoms with Gasteiger partial charge in [-0.05, 0) is 84.2 Å². The molecule has 1 aliphatic carbocycles. The molecule has 0 radical (unpaired) electrons. The zero-order chi connectivity index (χ0) is 26.2. The van der Waals surface area contributed by atoms with Gasteiger partial charge < -0.3 is 4.90 Å². The maximum absolute atomic E-state index is 13.8. The first-order valence-corrected chi connectivity index (χ1v) is 13.0. The van der Waals surface area contributed by atoms with E-state index in [-0.39, 0.29) is 28.8 Å². The van der Waals surface area contributed by atoms with E-state index >= 15 is 0 Å². The van der Waals surface area contributed by atoms with E-state index in [9.17, 15) is 9.59 Å². The molecular weight excluding hydrogens is 490 g/mol. The zero-order valence-electron chi connectivity index (χ0n) is 21.4. The van der Waals surface area contributed by atoms with Crippen LogP contribution in [-0.2, 0) is 6.54 Å². The number of carbonyl (C=O) groups excluding carboxylic acids is 2. The van der Waals surface area contributed by atoms with Gasteiger partial charge in [-0.3, -0.25) is 15.0 Å². The number of hydrogen-bond donors (Lipinski definition) is 2. The minimum Gasteiger partial charge on any atom is -0.313 e. The Kier molecular flexibility index (Phi) is 6.66. The predicted octanol–water partition coefficient (Wildman–Crippen LogP) is 5.52. The van der Waals surface area contributed by atoms with Crippen molar-refractivity contribution in [2.75, 3.05) is 16.8 Å². The molecule has 2 aliphatic rings. The molecule has 37 heavy (non-hydrogen) atoms. The highest BCUT2D eigenvalue weighted by molar-refractivity contribution is 6.30. The molecule has 10 heteroatoms. The van der Waals surface area contributed by atoms with Gasteiger partial charge in [0, 0.05) is 22.8 Å². The molecule has 3 aromatic rings. The van der Waals surface area contributed by atoms with E-state index in [1.54, 1.807) is 12.1 Å². The number of hydrogen-bond acceptors (Lipinski definition) is 5. The van der Waals surface area contributed by atoms with Gasteiger partial charge in [0.15, 0.2) is 0 Å². The summed E-state index contributed by atoms with van der Waals surface area (Å²) in [6.07, 6.45) is 4.12. The number of rotatable bonds is 5. The highest BCUT2D eigenvalue weighted by atomic mass is 35.5. The van der Waals surface area contributed by atoms with Gasteiger partial charge in [-0.2, -0.15) is 5.21 Å². The molecule has 2 heterocycles. The van der Waals surface area contributed by atoms with Crippen molar-refractivity contribution >= 4 is 35.2 Å². The summed E-state index contributed by atoms with van der Waals surface area (Å²) in [6, 6.07) is 14.8. The van der Waals surface area contributed by atoms with Crippen LogP contribution in [-0.4, -0.2) is 49.5 Å². The smallest absolute Gasteiger partial charge is 0.313 e. The number of nitrogens with one attached hydrogen (secondary N) is 2. The molecule has 1 spiro atoms. The second kappa shape index (κ2) is 9.78. The number of urea groups is 1. The van der Waals surface area contributed by atoms with Gasteiger partial charge in [-0.25, -0.2) is 4.79 Å². The van der Waals surface area contributed by atoms with Gasteiger partial charge in [0.25, 0.3) is 11.9 Å². The number of halogens is 1. The predicted molar refractivity (Wildman–Crippen MR) is 142 cm³/mol. The molecule has 1 aromatic heterocycles. The number of aromatic amines is 1. The average Bonchev–Trinajstić information content (AvgIpc) is 3.47. The Morgan fingerprint density at radius 2 is 1.78 bits per heavy atom. The second-order valence-electron chi connectivity index (χ2n) is 11.2. The van der Waals surface area contributed by atoms with Crippen molar-refractivity contribution in [2.45, 2.75) is 58.5 Å². The van der Waals surface area contributed by atoms with Crippen LogP contribution < -0.4 is 10.2 Å². The molecule has 1 saturated carbocycles. The molecule has 1 aliphatic heterocycles. The minimum absolute atomic E-state index is 0.00968. The number of nitrogens with zero attached hydrogens (tertiary/aromatic N) is 5. The van der Waals surface area contributed by atoms with Crippen LogP contribution >= 0.6 is 11.6 Å². The summed E-state index contributed by atoms with van der Waals surface area (Å²) >= 11 is 6.11. The van der Waals surface area contributed by atoms with E-state index in [1.165, 1.54) is 0 Å². The zero-order valence-corrected chi connectivity index (χ0v) is 22.1. The van der Waals surface area contributed by atoms with E-state index in [4.69, 9.17) is 11.6 Å². The summed E-state index contributed by atoms with van der Waals surface area (Å²) < 4.78 is 0. The van der Waals surface area contributed by atoms with Crippen LogP contribution in [0.1, 0.15) is 62.4 Å². The number of carbonyl (C=O) groups is 2. The van der Waals surface area contributed by atoms with E-state index in [2.05, 4.69) is 51.6 Å². The number of aromatic nitrogens is 4. The van der Waals surface area contributed by atoms with Gasteiger partial charge in [0.1, 0.15) is 0 Å². The summed E-state index contributed by atoms with van der Waals surface area (Å²) in [5, 5.41) is 16.5. The van der Waals surface area contributed by atoms with Crippen LogP contribution in [0, 0.1) is 11.3 Å². The van der Waals surface area contributed by atoms with E-state index in [1.807, 2.05) is 41.3 Å². The first-order chi connectivity index (χ1) is 17.6. The van der Waals surface area contributed by atoms with E-state index in [0.29, 0.717) is 29.6 Å². The normalized spacial score (nSPS) is 22.1. The Morgan fingerprint density at radius 3 is 2.38 bits per heavy atom. The standard InChI is InChI=1S/C27H32ClN7O2/c1-26(2,3)20-12-14-27(15-13-20)17-34(22-10-8-21(28)9-11-22)25(37)35(27)16-18-4-6-19(7-5-18)23(36)29-24-30-32-33-31-24/h4-11,20H,12-17H2,1-3H3,(H2,29,30,31,32,33,36). The third-order valence-corrected chi connectivity index (χ3v) is 8.15. The lowest BCUT2D eigenvalue weighted by Gasteiger charge is -2.45. The molecule has 5 rings (SSSR count). The molecule has 2 N–H and O–H groups in total. The molecule has 2 aromatic carbocycles. The number of H-pyrrole nitrogens is 1. The number of amides is 3. The van der Waals surface area contributed by atoms with Gasteiger partial charge in [-0.15, -0.1) is 5.10 Å². The van der Waals surface area contributed by atoms with Crippen LogP contribution in [0.5, 0.6) is 0 Å². The Labute approximate surface area is 221 Å². The average molecular weight is 522 g/mol. The Morgan fingerprint density at radius 1 is 1.11 bits per heavy atom. The van der Waals surface area contributed by atoms with Crippen LogP contribution in [0.4, 0.5) is 16.4 Å².